The Kier molecular flexibility index (Phi) is 5.41. The molecular weight excluding hydrogens is 370 g/mol. The third kappa shape index (κ3) is 3.51. The van der Waals surface area contributed by atoms with E-state index >= 15 is 0 Å². The van der Waals surface area contributed by atoms with Gasteiger partial charge in [0.25, 0.3) is 5.91 Å². The van der Waals surface area contributed by atoms with Gasteiger partial charge in [0.2, 0.25) is 10.0 Å². The second-order valence-corrected chi connectivity index (χ2v) is 8.93. The monoisotopic (exact) mass is 389 g/mol. The molecule has 136 valence electrons. The van der Waals surface area contributed by atoms with Gasteiger partial charge in [0.15, 0.2) is 0 Å². The molecule has 3 rings (SSSR count). The molecule has 1 aliphatic heterocycles. The van der Waals surface area contributed by atoms with Crippen molar-refractivity contribution in [2.45, 2.75) is 24.3 Å². The molecule has 0 atom stereocenters. The van der Waals surface area contributed by atoms with Gasteiger partial charge in [-0.3, -0.25) is 4.79 Å². The number of thiophene rings is 1. The maximum atomic E-state index is 13.1. The van der Waals surface area contributed by atoms with Crippen molar-refractivity contribution in [1.82, 2.24) is 9.21 Å². The minimum atomic E-state index is -3.76. The maximum absolute atomic E-state index is 13.1. The van der Waals surface area contributed by atoms with Crippen molar-refractivity contribution in [1.29, 1.82) is 5.26 Å². The van der Waals surface area contributed by atoms with Crippen LogP contribution in [0.25, 0.3) is 0 Å². The Hall–Kier alpha value is -2.21. The largest absolute Gasteiger partial charge is 0.340 e. The lowest BCUT2D eigenvalue weighted by Crippen LogP contribution is -2.37. The van der Waals surface area contributed by atoms with Gasteiger partial charge in [0.05, 0.1) is 12.5 Å². The van der Waals surface area contributed by atoms with Crippen molar-refractivity contribution in [3.63, 3.8) is 0 Å². The van der Waals surface area contributed by atoms with Gasteiger partial charge in [-0.1, -0.05) is 24.3 Å². The number of fused-ring (bicyclic) bond motifs is 1. The van der Waals surface area contributed by atoms with Crippen molar-refractivity contribution < 1.29 is 13.2 Å². The Bertz CT molecular complexity index is 960. The fourth-order valence-corrected chi connectivity index (χ4v) is 5.77. The smallest absolute Gasteiger partial charge is 0.265 e. The van der Waals surface area contributed by atoms with E-state index in [1.165, 1.54) is 15.3 Å². The molecule has 2 aromatic rings. The van der Waals surface area contributed by atoms with Crippen molar-refractivity contribution in [2.75, 3.05) is 20.1 Å². The molecule has 0 aliphatic carbocycles. The van der Waals surface area contributed by atoms with Gasteiger partial charge < -0.3 is 4.90 Å². The van der Waals surface area contributed by atoms with Gasteiger partial charge in [-0.25, -0.2) is 8.42 Å². The minimum absolute atomic E-state index is 0.0516. The zero-order valence-electron chi connectivity index (χ0n) is 14.4. The Balaban J connectivity index is 1.87. The first kappa shape index (κ1) is 18.6. The van der Waals surface area contributed by atoms with Crippen LogP contribution in [-0.4, -0.2) is 43.7 Å². The molecule has 0 bridgehead atoms. The number of nitriles is 1. The Morgan fingerprint density at radius 2 is 2.04 bits per heavy atom. The van der Waals surface area contributed by atoms with E-state index in [9.17, 15) is 13.2 Å². The van der Waals surface area contributed by atoms with E-state index < -0.39 is 10.0 Å². The lowest BCUT2D eigenvalue weighted by molar-refractivity contribution is 0.0799. The molecule has 26 heavy (non-hydrogen) atoms. The molecule has 0 saturated carbocycles. The van der Waals surface area contributed by atoms with Gasteiger partial charge in [0.1, 0.15) is 9.77 Å². The third-order valence-corrected chi connectivity index (χ3v) is 7.36. The number of benzene rings is 1. The van der Waals surface area contributed by atoms with Crippen LogP contribution in [0.4, 0.5) is 0 Å². The number of sulfonamides is 1. The molecule has 0 unspecified atom stereocenters. The van der Waals surface area contributed by atoms with Crippen LogP contribution in [-0.2, 0) is 23.0 Å². The van der Waals surface area contributed by atoms with Gasteiger partial charge in [-0.15, -0.1) is 11.3 Å². The average molecular weight is 390 g/mol. The second-order valence-electron chi connectivity index (χ2n) is 6.11. The highest BCUT2D eigenvalue weighted by Gasteiger charge is 2.33. The summed E-state index contributed by atoms with van der Waals surface area (Å²) < 4.78 is 27.7. The van der Waals surface area contributed by atoms with Crippen LogP contribution in [0.1, 0.15) is 27.2 Å². The number of hydrogen-bond donors (Lipinski definition) is 0. The molecule has 0 N–H and O–H groups in total. The molecule has 6 nitrogen and oxygen atoms in total. The SMILES string of the molecule is CN(CCC#N)C(=O)c1sccc1S(=O)(=O)N1CCc2ccccc2C1. The number of rotatable bonds is 5. The predicted octanol–water partition coefficient (Wildman–Crippen LogP) is 2.48. The predicted molar refractivity (Wildman–Crippen MR) is 99.3 cm³/mol. The first-order valence-corrected chi connectivity index (χ1v) is 10.5. The van der Waals surface area contributed by atoms with Crippen molar-refractivity contribution in [3.8, 4) is 6.07 Å². The average Bonchev–Trinajstić information content (AvgIpc) is 3.15. The van der Waals surface area contributed by atoms with Crippen LogP contribution in [0.3, 0.4) is 0 Å². The molecule has 0 saturated heterocycles. The highest BCUT2D eigenvalue weighted by atomic mass is 32.2. The molecule has 2 heterocycles. The highest BCUT2D eigenvalue weighted by molar-refractivity contribution is 7.89. The summed E-state index contributed by atoms with van der Waals surface area (Å²) in [7, 11) is -2.18. The first-order valence-electron chi connectivity index (χ1n) is 8.22. The van der Waals surface area contributed by atoms with Crippen LogP contribution in [0.2, 0.25) is 0 Å². The van der Waals surface area contributed by atoms with Gasteiger partial charge >= 0.3 is 0 Å². The molecule has 1 amide bonds. The normalized spacial score (nSPS) is 14.5. The fraction of sp³-hybridized carbons (Fsp3) is 0.333. The molecule has 1 aromatic heterocycles. The first-order chi connectivity index (χ1) is 12.4. The standard InChI is InChI=1S/C18H19N3O3S2/c1-20(10-4-9-19)18(22)17-16(8-12-25-17)26(23,24)21-11-7-14-5-2-3-6-15(14)13-21/h2-3,5-6,8,12H,4,7,10-11,13H2,1H3. The molecule has 0 radical (unpaired) electrons. The van der Waals surface area contributed by atoms with E-state index in [1.54, 1.807) is 12.4 Å². The third-order valence-electron chi connectivity index (χ3n) is 4.44. The van der Waals surface area contributed by atoms with E-state index in [0.717, 1.165) is 22.5 Å². The van der Waals surface area contributed by atoms with Gasteiger partial charge in [-0.05, 0) is 29.0 Å². The van der Waals surface area contributed by atoms with Crippen molar-refractivity contribution in [3.05, 3.63) is 51.7 Å². The summed E-state index contributed by atoms with van der Waals surface area (Å²) in [5.41, 5.74) is 2.16. The summed E-state index contributed by atoms with van der Waals surface area (Å²) >= 11 is 1.12. The van der Waals surface area contributed by atoms with E-state index in [1.807, 2.05) is 30.3 Å². The number of carbonyl (C=O) groups excluding carboxylic acids is 1. The molecule has 8 heteroatoms. The summed E-state index contributed by atoms with van der Waals surface area (Å²) in [6, 6.07) is 11.3. The van der Waals surface area contributed by atoms with E-state index in [2.05, 4.69) is 0 Å². The maximum Gasteiger partial charge on any atom is 0.265 e. The summed E-state index contributed by atoms with van der Waals surface area (Å²) in [5.74, 6) is -0.369. The topological polar surface area (TPSA) is 81.5 Å². The second kappa shape index (κ2) is 7.58. The van der Waals surface area contributed by atoms with Crippen LogP contribution in [0.5, 0.6) is 0 Å². The number of carbonyl (C=O) groups is 1. The molecule has 1 aromatic carbocycles. The number of hydrogen-bond acceptors (Lipinski definition) is 5. The van der Waals surface area contributed by atoms with Crippen LogP contribution < -0.4 is 0 Å². The van der Waals surface area contributed by atoms with Crippen LogP contribution >= 0.6 is 11.3 Å². The Morgan fingerprint density at radius 1 is 1.31 bits per heavy atom. The zero-order valence-corrected chi connectivity index (χ0v) is 16.0. The summed E-state index contributed by atoms with van der Waals surface area (Å²) in [5, 5.41) is 10.3. The van der Waals surface area contributed by atoms with E-state index in [4.69, 9.17) is 5.26 Å². The van der Waals surface area contributed by atoms with Crippen molar-refractivity contribution in [2.24, 2.45) is 0 Å². The minimum Gasteiger partial charge on any atom is -0.340 e. The lowest BCUT2D eigenvalue weighted by atomic mass is 10.0. The molecule has 1 aliphatic rings. The quantitative estimate of drug-likeness (QED) is 0.787. The zero-order chi connectivity index (χ0) is 18.7. The Labute approximate surface area is 157 Å². The lowest BCUT2D eigenvalue weighted by Gasteiger charge is -2.28. The number of amides is 1. The summed E-state index contributed by atoms with van der Waals surface area (Å²) in [4.78, 5) is 14.2. The molecular formula is C18H19N3O3S2. The van der Waals surface area contributed by atoms with Gasteiger partial charge in [0, 0.05) is 26.7 Å². The fourth-order valence-electron chi connectivity index (χ4n) is 2.96. The highest BCUT2D eigenvalue weighted by Crippen LogP contribution is 2.30. The Morgan fingerprint density at radius 3 is 2.77 bits per heavy atom. The number of nitrogens with zero attached hydrogens (tertiary/aromatic N) is 3. The van der Waals surface area contributed by atoms with Gasteiger partial charge in [-0.2, -0.15) is 9.57 Å². The molecule has 0 spiro atoms. The van der Waals surface area contributed by atoms with Crippen LogP contribution in [0, 0.1) is 11.3 Å². The molecule has 0 fully saturated rings. The van der Waals surface area contributed by atoms with Crippen LogP contribution in [0.15, 0.2) is 40.6 Å². The summed E-state index contributed by atoms with van der Waals surface area (Å²) in [6.07, 6.45) is 0.865. The van der Waals surface area contributed by atoms with E-state index in [0.29, 0.717) is 19.5 Å². The van der Waals surface area contributed by atoms with E-state index in [-0.39, 0.29) is 28.6 Å². The summed E-state index contributed by atoms with van der Waals surface area (Å²) in [6.45, 7) is 0.975. The van der Waals surface area contributed by atoms with Crippen molar-refractivity contribution >= 4 is 27.3 Å².